The van der Waals surface area contributed by atoms with E-state index in [0.717, 1.165) is 30.2 Å². The molecule has 1 heterocycles. The molecule has 2 N–H and O–H groups in total. The molecule has 0 aliphatic heterocycles. The Morgan fingerprint density at radius 1 is 1.63 bits per heavy atom. The van der Waals surface area contributed by atoms with Crippen molar-refractivity contribution in [3.8, 4) is 0 Å². The van der Waals surface area contributed by atoms with Crippen LogP contribution in [0.3, 0.4) is 0 Å². The smallest absolute Gasteiger partial charge is 0.323 e. The zero-order valence-corrected chi connectivity index (χ0v) is 12.0. The van der Waals surface area contributed by atoms with E-state index in [1.54, 1.807) is 25.7 Å². The summed E-state index contributed by atoms with van der Waals surface area (Å²) in [5, 5.41) is 24.5. The van der Waals surface area contributed by atoms with Crippen molar-refractivity contribution in [2.45, 2.75) is 49.3 Å². The van der Waals surface area contributed by atoms with Crippen molar-refractivity contribution in [3.63, 3.8) is 0 Å². The van der Waals surface area contributed by atoms with Gasteiger partial charge in [0, 0.05) is 5.75 Å². The number of aromatic nitrogens is 4. The summed E-state index contributed by atoms with van der Waals surface area (Å²) in [7, 11) is 1.68. The summed E-state index contributed by atoms with van der Waals surface area (Å²) in [5.41, 5.74) is -0.858. The maximum absolute atomic E-state index is 11.1. The van der Waals surface area contributed by atoms with E-state index in [2.05, 4.69) is 20.8 Å². The summed E-state index contributed by atoms with van der Waals surface area (Å²) < 4.78 is 1.87. The molecule has 1 aromatic heterocycles. The third-order valence-electron chi connectivity index (χ3n) is 3.43. The van der Waals surface area contributed by atoms with E-state index in [1.807, 2.05) is 4.68 Å². The molecule has 1 aliphatic rings. The van der Waals surface area contributed by atoms with Gasteiger partial charge in [-0.25, -0.2) is 4.68 Å². The van der Waals surface area contributed by atoms with Crippen molar-refractivity contribution in [3.05, 3.63) is 0 Å². The monoisotopic (exact) mass is 285 g/mol. The fourth-order valence-electron chi connectivity index (χ4n) is 1.76. The number of hydrogen-bond acceptors (Lipinski definition) is 6. The summed E-state index contributed by atoms with van der Waals surface area (Å²) in [6.45, 7) is 1.70. The highest BCUT2D eigenvalue weighted by Gasteiger charge is 2.31. The van der Waals surface area contributed by atoms with E-state index in [0.29, 0.717) is 12.5 Å². The van der Waals surface area contributed by atoms with Gasteiger partial charge in [0.1, 0.15) is 5.54 Å². The zero-order valence-electron chi connectivity index (χ0n) is 11.2. The summed E-state index contributed by atoms with van der Waals surface area (Å²) in [5.74, 6) is 0.000267. The first-order valence-electron chi connectivity index (χ1n) is 6.40. The number of nitrogens with one attached hydrogen (secondary N) is 1. The van der Waals surface area contributed by atoms with Crippen molar-refractivity contribution < 1.29 is 9.90 Å². The van der Waals surface area contributed by atoms with Gasteiger partial charge in [0.15, 0.2) is 0 Å². The second-order valence-corrected chi connectivity index (χ2v) is 6.04. The minimum Gasteiger partial charge on any atom is -0.480 e. The molecule has 1 saturated carbocycles. The predicted octanol–water partition coefficient (Wildman–Crippen LogP) is 0.943. The lowest BCUT2D eigenvalue weighted by atomic mass is 9.97. The number of aliphatic carboxylic acids is 1. The first-order valence-corrected chi connectivity index (χ1v) is 7.38. The molecule has 1 unspecified atom stereocenters. The number of hydrogen-bond donors (Lipinski definition) is 2. The van der Waals surface area contributed by atoms with Gasteiger partial charge in [-0.05, 0) is 50.1 Å². The third-order valence-corrected chi connectivity index (χ3v) is 4.45. The van der Waals surface area contributed by atoms with Crippen molar-refractivity contribution in [2.24, 2.45) is 0 Å². The van der Waals surface area contributed by atoms with Gasteiger partial charge in [-0.2, -0.15) is 0 Å². The molecular weight excluding hydrogens is 266 g/mol. The van der Waals surface area contributed by atoms with E-state index in [1.165, 1.54) is 0 Å². The molecule has 2 rings (SSSR count). The lowest BCUT2D eigenvalue weighted by Gasteiger charge is -2.23. The van der Waals surface area contributed by atoms with Crippen LogP contribution in [0.5, 0.6) is 0 Å². The Morgan fingerprint density at radius 3 is 2.95 bits per heavy atom. The molecule has 0 aromatic carbocycles. The van der Waals surface area contributed by atoms with Crippen molar-refractivity contribution in [2.75, 3.05) is 12.8 Å². The fourth-order valence-corrected chi connectivity index (χ4v) is 2.64. The largest absolute Gasteiger partial charge is 0.480 e. The van der Waals surface area contributed by atoms with Crippen molar-refractivity contribution in [1.29, 1.82) is 0 Å². The zero-order chi connectivity index (χ0) is 13.9. The Hall–Kier alpha value is -1.15. The van der Waals surface area contributed by atoms with Crippen LogP contribution in [0.25, 0.3) is 0 Å². The highest BCUT2D eigenvalue weighted by atomic mass is 32.2. The average Bonchev–Trinajstić information content (AvgIpc) is 3.13. The van der Waals surface area contributed by atoms with Crippen LogP contribution in [-0.2, 0) is 4.79 Å². The number of carboxylic acid groups (broad SMARTS) is 1. The lowest BCUT2D eigenvalue weighted by molar-refractivity contribution is -0.144. The molecule has 19 heavy (non-hydrogen) atoms. The Labute approximate surface area is 116 Å². The molecule has 106 valence electrons. The number of rotatable bonds is 8. The fraction of sp³-hybridized carbons (Fsp3) is 0.818. The number of nitrogens with zero attached hydrogens (tertiary/aromatic N) is 4. The Balaban J connectivity index is 1.77. The topological polar surface area (TPSA) is 92.9 Å². The number of likely N-dealkylation sites (N-methyl/N-ethyl adjacent to an activating group) is 1. The van der Waals surface area contributed by atoms with Gasteiger partial charge in [0.2, 0.25) is 5.16 Å². The maximum Gasteiger partial charge on any atom is 0.323 e. The number of thioether (sulfide) groups is 1. The third kappa shape index (κ3) is 3.44. The van der Waals surface area contributed by atoms with Crippen molar-refractivity contribution in [1.82, 2.24) is 25.5 Å². The molecule has 1 fully saturated rings. The van der Waals surface area contributed by atoms with Gasteiger partial charge in [-0.1, -0.05) is 11.8 Å². The molecule has 0 amide bonds. The van der Waals surface area contributed by atoms with Crippen LogP contribution in [0.2, 0.25) is 0 Å². The molecule has 1 atom stereocenters. The van der Waals surface area contributed by atoms with Crippen LogP contribution in [-0.4, -0.2) is 49.6 Å². The van der Waals surface area contributed by atoms with Gasteiger partial charge >= 0.3 is 5.97 Å². The van der Waals surface area contributed by atoms with Crippen LogP contribution in [0.1, 0.15) is 38.6 Å². The average molecular weight is 285 g/mol. The maximum atomic E-state index is 11.1. The normalized spacial score (nSPS) is 18.2. The molecule has 1 aromatic rings. The van der Waals surface area contributed by atoms with Crippen LogP contribution < -0.4 is 5.32 Å². The second kappa shape index (κ2) is 5.87. The number of carboxylic acids is 1. The SMILES string of the molecule is CNC(C)(CCCSc1nnnn1C1CC1)C(=O)O. The predicted molar refractivity (Wildman–Crippen MR) is 71.1 cm³/mol. The molecular formula is C11H19N5O2S. The lowest BCUT2D eigenvalue weighted by Crippen LogP contribution is -2.47. The highest BCUT2D eigenvalue weighted by molar-refractivity contribution is 7.99. The minimum absolute atomic E-state index is 0.471. The van der Waals surface area contributed by atoms with Crippen LogP contribution in [0.15, 0.2) is 5.16 Å². The molecule has 1 aliphatic carbocycles. The van der Waals surface area contributed by atoms with Crippen LogP contribution in [0.4, 0.5) is 0 Å². The molecule has 0 spiro atoms. The van der Waals surface area contributed by atoms with E-state index in [9.17, 15) is 4.79 Å². The Bertz CT molecular complexity index is 448. The number of tetrazole rings is 1. The minimum atomic E-state index is -0.858. The molecule has 0 saturated heterocycles. The van der Waals surface area contributed by atoms with Crippen LogP contribution in [0, 0.1) is 0 Å². The van der Waals surface area contributed by atoms with Gasteiger partial charge in [0.25, 0.3) is 0 Å². The van der Waals surface area contributed by atoms with Gasteiger partial charge in [-0.15, -0.1) is 5.10 Å². The Morgan fingerprint density at radius 2 is 2.37 bits per heavy atom. The first-order chi connectivity index (χ1) is 9.07. The summed E-state index contributed by atoms with van der Waals surface area (Å²) in [6, 6.07) is 0.471. The molecule has 0 radical (unpaired) electrons. The van der Waals surface area contributed by atoms with Crippen LogP contribution >= 0.6 is 11.8 Å². The Kier molecular flexibility index (Phi) is 4.41. The number of carbonyl (C=O) groups is 1. The first kappa shape index (κ1) is 14.3. The standard InChI is InChI=1S/C11H19N5O2S/c1-11(12-2,9(17)18)6-3-7-19-10-13-14-15-16(10)8-4-5-8/h8,12H,3-7H2,1-2H3,(H,17,18). The van der Waals surface area contributed by atoms with E-state index < -0.39 is 11.5 Å². The summed E-state index contributed by atoms with van der Waals surface area (Å²) in [4.78, 5) is 11.1. The van der Waals surface area contributed by atoms with E-state index in [4.69, 9.17) is 5.11 Å². The second-order valence-electron chi connectivity index (χ2n) is 4.98. The summed E-state index contributed by atoms with van der Waals surface area (Å²) in [6.07, 6.45) is 3.67. The highest BCUT2D eigenvalue weighted by Crippen LogP contribution is 2.36. The van der Waals surface area contributed by atoms with Gasteiger partial charge in [0.05, 0.1) is 6.04 Å². The molecule has 7 nitrogen and oxygen atoms in total. The van der Waals surface area contributed by atoms with Gasteiger partial charge in [-0.3, -0.25) is 4.79 Å². The summed E-state index contributed by atoms with van der Waals surface area (Å²) >= 11 is 1.59. The van der Waals surface area contributed by atoms with Gasteiger partial charge < -0.3 is 10.4 Å². The van der Waals surface area contributed by atoms with E-state index in [-0.39, 0.29) is 0 Å². The van der Waals surface area contributed by atoms with Crippen molar-refractivity contribution >= 4 is 17.7 Å². The molecule has 0 bridgehead atoms. The van der Waals surface area contributed by atoms with E-state index >= 15 is 0 Å². The molecule has 8 heteroatoms. The quantitative estimate of drug-likeness (QED) is 0.542.